The lowest BCUT2D eigenvalue weighted by Crippen LogP contribution is -2.34. The van der Waals surface area contributed by atoms with Gasteiger partial charge in [0.05, 0.1) is 6.54 Å². The molecule has 0 saturated carbocycles. The van der Waals surface area contributed by atoms with Crippen LogP contribution in [0.4, 0.5) is 5.69 Å². The molecule has 0 saturated heterocycles. The average Bonchev–Trinajstić information content (AvgIpc) is 2.44. The standard InChI is InChI=1S/C15H20N2O4/c1-17(14(19)9-5-6-10-15(20)21)11-13(18)16-12-7-3-2-4-8-12/h2-4,7-8H,5-6,9-11H2,1H3,(H,16,18)(H,20,21). The van der Waals surface area contributed by atoms with Crippen LogP contribution in [0.2, 0.25) is 0 Å². The maximum absolute atomic E-state index is 11.8. The number of carboxylic acids is 1. The Balaban J connectivity index is 2.28. The highest BCUT2D eigenvalue weighted by Crippen LogP contribution is 2.06. The summed E-state index contributed by atoms with van der Waals surface area (Å²) in [6, 6.07) is 9.01. The lowest BCUT2D eigenvalue weighted by molar-refractivity contribution is -0.137. The summed E-state index contributed by atoms with van der Waals surface area (Å²) in [5, 5.41) is 11.2. The van der Waals surface area contributed by atoms with E-state index in [1.807, 2.05) is 18.2 Å². The van der Waals surface area contributed by atoms with E-state index >= 15 is 0 Å². The lowest BCUT2D eigenvalue weighted by Gasteiger charge is -2.16. The fraction of sp³-hybridized carbons (Fsp3) is 0.400. The van der Waals surface area contributed by atoms with Crippen LogP contribution in [-0.4, -0.2) is 41.4 Å². The highest BCUT2D eigenvalue weighted by Gasteiger charge is 2.12. The summed E-state index contributed by atoms with van der Waals surface area (Å²) in [6.07, 6.45) is 1.29. The van der Waals surface area contributed by atoms with Crippen LogP contribution in [0.1, 0.15) is 25.7 Å². The zero-order valence-electron chi connectivity index (χ0n) is 12.0. The molecule has 0 spiro atoms. The Morgan fingerprint density at radius 1 is 1.10 bits per heavy atom. The number of unbranched alkanes of at least 4 members (excludes halogenated alkanes) is 1. The van der Waals surface area contributed by atoms with Gasteiger partial charge in [0.25, 0.3) is 0 Å². The smallest absolute Gasteiger partial charge is 0.303 e. The first kappa shape index (κ1) is 16.7. The molecule has 6 nitrogen and oxygen atoms in total. The number of hydrogen-bond acceptors (Lipinski definition) is 3. The van der Waals surface area contributed by atoms with E-state index in [-0.39, 0.29) is 31.2 Å². The van der Waals surface area contributed by atoms with Gasteiger partial charge in [-0.1, -0.05) is 18.2 Å². The van der Waals surface area contributed by atoms with E-state index in [4.69, 9.17) is 5.11 Å². The zero-order valence-corrected chi connectivity index (χ0v) is 12.0. The third-order valence-corrected chi connectivity index (χ3v) is 2.90. The number of carboxylic acid groups (broad SMARTS) is 1. The van der Waals surface area contributed by atoms with Gasteiger partial charge in [-0.15, -0.1) is 0 Å². The first-order chi connectivity index (χ1) is 9.99. The minimum absolute atomic E-state index is 0.0212. The number of benzene rings is 1. The number of rotatable bonds is 8. The molecule has 114 valence electrons. The van der Waals surface area contributed by atoms with Crippen LogP contribution in [0.5, 0.6) is 0 Å². The molecule has 1 rings (SSSR count). The Morgan fingerprint density at radius 3 is 2.33 bits per heavy atom. The van der Waals surface area contributed by atoms with Gasteiger partial charge in [-0.05, 0) is 25.0 Å². The molecular formula is C15H20N2O4. The number of anilines is 1. The first-order valence-corrected chi connectivity index (χ1v) is 6.79. The minimum atomic E-state index is -0.863. The SMILES string of the molecule is CN(CC(=O)Nc1ccccc1)C(=O)CCCCC(=O)O. The van der Waals surface area contributed by atoms with Crippen LogP contribution in [0, 0.1) is 0 Å². The van der Waals surface area contributed by atoms with Crippen molar-refractivity contribution in [1.29, 1.82) is 0 Å². The molecule has 0 bridgehead atoms. The molecule has 0 aromatic heterocycles. The molecule has 1 aromatic rings. The van der Waals surface area contributed by atoms with Gasteiger partial charge < -0.3 is 15.3 Å². The maximum Gasteiger partial charge on any atom is 0.303 e. The van der Waals surface area contributed by atoms with Gasteiger partial charge >= 0.3 is 5.97 Å². The van der Waals surface area contributed by atoms with Gasteiger partial charge in [0.1, 0.15) is 0 Å². The van der Waals surface area contributed by atoms with Crippen molar-refractivity contribution < 1.29 is 19.5 Å². The molecule has 0 unspecified atom stereocenters. The van der Waals surface area contributed by atoms with E-state index < -0.39 is 5.97 Å². The van der Waals surface area contributed by atoms with Crippen LogP contribution in [-0.2, 0) is 14.4 Å². The average molecular weight is 292 g/mol. The summed E-state index contributed by atoms with van der Waals surface area (Å²) in [5.74, 6) is -1.29. The van der Waals surface area contributed by atoms with E-state index in [1.165, 1.54) is 4.90 Å². The van der Waals surface area contributed by atoms with E-state index in [0.29, 0.717) is 18.5 Å². The number of likely N-dealkylation sites (N-methyl/N-ethyl adjacent to an activating group) is 1. The molecule has 0 aliphatic heterocycles. The molecule has 0 aliphatic carbocycles. The lowest BCUT2D eigenvalue weighted by atomic mass is 10.2. The first-order valence-electron chi connectivity index (χ1n) is 6.79. The molecule has 2 amide bonds. The maximum atomic E-state index is 11.8. The summed E-state index contributed by atoms with van der Waals surface area (Å²) >= 11 is 0. The van der Waals surface area contributed by atoms with E-state index in [9.17, 15) is 14.4 Å². The number of carbonyl (C=O) groups is 3. The monoisotopic (exact) mass is 292 g/mol. The number of hydrogen-bond donors (Lipinski definition) is 2. The molecule has 0 fully saturated rings. The third-order valence-electron chi connectivity index (χ3n) is 2.90. The second kappa shape index (κ2) is 8.73. The van der Waals surface area contributed by atoms with Crippen molar-refractivity contribution in [1.82, 2.24) is 4.90 Å². The second-order valence-electron chi connectivity index (χ2n) is 4.76. The highest BCUT2D eigenvalue weighted by molar-refractivity contribution is 5.94. The van der Waals surface area contributed by atoms with Crippen LogP contribution in [0.3, 0.4) is 0 Å². The van der Waals surface area contributed by atoms with Crippen LogP contribution >= 0.6 is 0 Å². The van der Waals surface area contributed by atoms with Gasteiger partial charge in [-0.25, -0.2) is 0 Å². The summed E-state index contributed by atoms with van der Waals surface area (Å²) in [6.45, 7) is -0.0212. The summed E-state index contributed by atoms with van der Waals surface area (Å²) in [7, 11) is 1.56. The predicted molar refractivity (Wildman–Crippen MR) is 78.8 cm³/mol. The molecular weight excluding hydrogens is 272 g/mol. The van der Waals surface area contributed by atoms with E-state index in [1.54, 1.807) is 19.2 Å². The Bertz CT molecular complexity index is 488. The second-order valence-corrected chi connectivity index (χ2v) is 4.76. The fourth-order valence-corrected chi connectivity index (χ4v) is 1.77. The van der Waals surface area contributed by atoms with Gasteiger partial charge in [0, 0.05) is 25.6 Å². The molecule has 2 N–H and O–H groups in total. The highest BCUT2D eigenvalue weighted by atomic mass is 16.4. The Hall–Kier alpha value is -2.37. The van der Waals surface area contributed by atoms with Crippen molar-refractivity contribution in [3.8, 4) is 0 Å². The van der Waals surface area contributed by atoms with Crippen molar-refractivity contribution in [2.24, 2.45) is 0 Å². The number of carbonyl (C=O) groups excluding carboxylic acids is 2. The fourth-order valence-electron chi connectivity index (χ4n) is 1.77. The van der Waals surface area contributed by atoms with Crippen LogP contribution < -0.4 is 5.32 Å². The van der Waals surface area contributed by atoms with Gasteiger partial charge in [0.2, 0.25) is 11.8 Å². The predicted octanol–water partition coefficient (Wildman–Crippen LogP) is 1.73. The van der Waals surface area contributed by atoms with Gasteiger partial charge in [0.15, 0.2) is 0 Å². The van der Waals surface area contributed by atoms with Gasteiger partial charge in [-0.2, -0.15) is 0 Å². The summed E-state index contributed by atoms with van der Waals surface area (Å²) in [4.78, 5) is 35.2. The summed E-state index contributed by atoms with van der Waals surface area (Å²) < 4.78 is 0. The Labute approximate surface area is 123 Å². The van der Waals surface area contributed by atoms with Crippen molar-refractivity contribution in [3.05, 3.63) is 30.3 Å². The number of nitrogens with one attached hydrogen (secondary N) is 1. The van der Waals surface area contributed by atoms with E-state index in [0.717, 1.165) is 0 Å². The zero-order chi connectivity index (χ0) is 15.7. The number of nitrogens with zero attached hydrogens (tertiary/aromatic N) is 1. The molecule has 21 heavy (non-hydrogen) atoms. The normalized spacial score (nSPS) is 9.95. The quantitative estimate of drug-likeness (QED) is 0.714. The Morgan fingerprint density at radius 2 is 1.71 bits per heavy atom. The number of para-hydroxylation sites is 1. The number of aliphatic carboxylic acids is 1. The van der Waals surface area contributed by atoms with Crippen molar-refractivity contribution in [2.45, 2.75) is 25.7 Å². The molecule has 0 heterocycles. The minimum Gasteiger partial charge on any atom is -0.481 e. The van der Waals surface area contributed by atoms with Crippen LogP contribution in [0.15, 0.2) is 30.3 Å². The molecule has 0 aliphatic rings. The molecule has 0 atom stereocenters. The van der Waals surface area contributed by atoms with Gasteiger partial charge in [-0.3, -0.25) is 14.4 Å². The molecule has 0 radical (unpaired) electrons. The van der Waals surface area contributed by atoms with Crippen LogP contribution in [0.25, 0.3) is 0 Å². The third kappa shape index (κ3) is 7.10. The molecule has 6 heteroatoms. The Kier molecular flexibility index (Phi) is 6.94. The summed E-state index contributed by atoms with van der Waals surface area (Å²) in [5.41, 5.74) is 0.685. The van der Waals surface area contributed by atoms with Crippen molar-refractivity contribution in [3.63, 3.8) is 0 Å². The largest absolute Gasteiger partial charge is 0.481 e. The van der Waals surface area contributed by atoms with Crippen molar-refractivity contribution >= 4 is 23.5 Å². The topological polar surface area (TPSA) is 86.7 Å². The van der Waals surface area contributed by atoms with E-state index in [2.05, 4.69) is 5.32 Å². The number of amides is 2. The molecule has 1 aromatic carbocycles. The van der Waals surface area contributed by atoms with Crippen molar-refractivity contribution in [2.75, 3.05) is 18.9 Å².